The molecular formula is C18H29N3O3S. The van der Waals surface area contributed by atoms with Crippen LogP contribution < -0.4 is 5.73 Å². The molecule has 1 aromatic carbocycles. The molecular weight excluding hydrogens is 338 g/mol. The van der Waals surface area contributed by atoms with Crippen molar-refractivity contribution in [1.82, 2.24) is 9.21 Å². The first kappa shape index (κ1) is 19.9. The molecule has 1 atom stereocenters. The lowest BCUT2D eigenvalue weighted by Gasteiger charge is -2.36. The molecule has 25 heavy (non-hydrogen) atoms. The fraction of sp³-hybridized carbons (Fsp3) is 0.611. The Labute approximate surface area is 151 Å². The topological polar surface area (TPSA) is 83.7 Å². The van der Waals surface area contributed by atoms with Gasteiger partial charge in [-0.15, -0.1) is 0 Å². The van der Waals surface area contributed by atoms with Crippen molar-refractivity contribution in [3.63, 3.8) is 0 Å². The number of nitrogens with two attached hydrogens (primary N) is 1. The second-order valence-corrected chi connectivity index (χ2v) is 8.85. The number of carbonyl (C=O) groups is 1. The highest BCUT2D eigenvalue weighted by molar-refractivity contribution is 7.89. The molecule has 1 aliphatic rings. The molecule has 7 heteroatoms. The van der Waals surface area contributed by atoms with Gasteiger partial charge < -0.3 is 5.73 Å². The van der Waals surface area contributed by atoms with Gasteiger partial charge in [0.25, 0.3) is 0 Å². The molecule has 0 saturated carbocycles. The van der Waals surface area contributed by atoms with Crippen molar-refractivity contribution in [3.05, 3.63) is 27.8 Å². The third-order valence-electron chi connectivity index (χ3n) is 5.76. The standard InChI is InChI=1S/C18H29N3O3S/c1-11-12(2)14(4)17(15(5)13(11)3)25(23,24)21-9-7-20(8-10-21)16(6)18(19)22/h16H,7-10H2,1-6H3,(H2,19,22)/t16-/m0/s1. The quantitative estimate of drug-likeness (QED) is 0.872. The van der Waals surface area contributed by atoms with E-state index in [-0.39, 0.29) is 11.9 Å². The Balaban J connectivity index is 2.35. The molecule has 0 spiro atoms. The van der Waals surface area contributed by atoms with Gasteiger partial charge in [0, 0.05) is 26.2 Å². The average Bonchev–Trinajstić information content (AvgIpc) is 2.57. The van der Waals surface area contributed by atoms with Crippen LogP contribution in [-0.4, -0.2) is 55.8 Å². The van der Waals surface area contributed by atoms with Gasteiger partial charge >= 0.3 is 0 Å². The number of rotatable bonds is 4. The highest BCUT2D eigenvalue weighted by Gasteiger charge is 2.33. The molecule has 0 radical (unpaired) electrons. The largest absolute Gasteiger partial charge is 0.368 e. The number of benzene rings is 1. The summed E-state index contributed by atoms with van der Waals surface area (Å²) in [6.07, 6.45) is 0. The summed E-state index contributed by atoms with van der Waals surface area (Å²) in [5, 5.41) is 0. The minimum Gasteiger partial charge on any atom is -0.368 e. The van der Waals surface area contributed by atoms with Crippen LogP contribution in [0.3, 0.4) is 0 Å². The summed E-state index contributed by atoms with van der Waals surface area (Å²) in [7, 11) is -3.56. The van der Waals surface area contributed by atoms with Crippen LogP contribution in [0.4, 0.5) is 0 Å². The molecule has 0 unspecified atom stereocenters. The maximum absolute atomic E-state index is 13.3. The Kier molecular flexibility index (Phi) is 5.61. The van der Waals surface area contributed by atoms with Crippen molar-refractivity contribution in [2.75, 3.05) is 26.2 Å². The molecule has 1 aliphatic heterocycles. The maximum Gasteiger partial charge on any atom is 0.243 e. The molecule has 0 aromatic heterocycles. The summed E-state index contributed by atoms with van der Waals surface area (Å²) in [5.74, 6) is -0.382. The number of amides is 1. The Morgan fingerprint density at radius 1 is 0.880 bits per heavy atom. The molecule has 6 nitrogen and oxygen atoms in total. The van der Waals surface area contributed by atoms with Gasteiger partial charge in [-0.1, -0.05) is 0 Å². The van der Waals surface area contributed by atoms with Crippen molar-refractivity contribution in [3.8, 4) is 0 Å². The summed E-state index contributed by atoms with van der Waals surface area (Å²) in [5.41, 5.74) is 10.2. The second-order valence-electron chi connectivity index (χ2n) is 6.97. The lowest BCUT2D eigenvalue weighted by molar-refractivity contribution is -0.123. The van der Waals surface area contributed by atoms with Gasteiger partial charge in [-0.2, -0.15) is 4.31 Å². The zero-order chi connectivity index (χ0) is 19.1. The first-order chi connectivity index (χ1) is 11.5. The lowest BCUT2D eigenvalue weighted by Crippen LogP contribution is -2.54. The van der Waals surface area contributed by atoms with Crippen LogP contribution in [0.15, 0.2) is 4.90 Å². The van der Waals surface area contributed by atoms with Crippen LogP contribution in [0.5, 0.6) is 0 Å². The minimum atomic E-state index is -3.56. The highest BCUT2D eigenvalue weighted by Crippen LogP contribution is 2.32. The summed E-state index contributed by atoms with van der Waals surface area (Å²) >= 11 is 0. The van der Waals surface area contributed by atoms with Gasteiger partial charge in [-0.25, -0.2) is 8.42 Å². The number of primary amides is 1. The van der Waals surface area contributed by atoms with E-state index in [4.69, 9.17) is 5.73 Å². The Hall–Kier alpha value is -1.44. The fourth-order valence-corrected chi connectivity index (χ4v) is 5.48. The maximum atomic E-state index is 13.3. The average molecular weight is 368 g/mol. The Morgan fingerprint density at radius 3 is 1.68 bits per heavy atom. The molecule has 0 bridgehead atoms. The number of carbonyl (C=O) groups excluding carboxylic acids is 1. The molecule has 1 saturated heterocycles. The Bertz CT molecular complexity index is 765. The van der Waals surface area contributed by atoms with Crippen LogP contribution in [0.2, 0.25) is 0 Å². The summed E-state index contributed by atoms with van der Waals surface area (Å²) < 4.78 is 28.1. The third-order valence-corrected chi connectivity index (χ3v) is 7.94. The van der Waals surface area contributed by atoms with Crippen LogP contribution >= 0.6 is 0 Å². The van der Waals surface area contributed by atoms with Crippen LogP contribution in [0.25, 0.3) is 0 Å². The second kappa shape index (κ2) is 7.05. The molecule has 2 rings (SSSR count). The van der Waals surface area contributed by atoms with E-state index in [0.29, 0.717) is 31.1 Å². The molecule has 1 amide bonds. The van der Waals surface area contributed by atoms with E-state index < -0.39 is 10.0 Å². The van der Waals surface area contributed by atoms with Gasteiger partial charge in [0.2, 0.25) is 15.9 Å². The zero-order valence-corrected chi connectivity index (χ0v) is 16.8. The van der Waals surface area contributed by atoms with Crippen molar-refractivity contribution in [2.45, 2.75) is 52.5 Å². The SMILES string of the molecule is Cc1c(C)c(C)c(S(=O)(=O)N2CCN([C@@H](C)C(N)=O)CC2)c(C)c1C. The van der Waals surface area contributed by atoms with E-state index in [9.17, 15) is 13.2 Å². The van der Waals surface area contributed by atoms with Gasteiger partial charge in [0.1, 0.15) is 0 Å². The van der Waals surface area contributed by atoms with Crippen molar-refractivity contribution >= 4 is 15.9 Å². The zero-order valence-electron chi connectivity index (χ0n) is 16.0. The normalized spacial score (nSPS) is 18.3. The summed E-state index contributed by atoms with van der Waals surface area (Å²) in [4.78, 5) is 13.7. The summed E-state index contributed by atoms with van der Waals surface area (Å²) in [6, 6.07) is -0.378. The fourth-order valence-electron chi connectivity index (χ4n) is 3.49. The van der Waals surface area contributed by atoms with Gasteiger partial charge in [0.05, 0.1) is 10.9 Å². The minimum absolute atomic E-state index is 0.366. The van der Waals surface area contributed by atoms with E-state index in [1.165, 1.54) is 4.31 Å². The predicted molar refractivity (Wildman–Crippen MR) is 99.1 cm³/mol. The molecule has 0 aliphatic carbocycles. The van der Waals surface area contributed by atoms with Gasteiger partial charge in [0.15, 0.2) is 0 Å². The van der Waals surface area contributed by atoms with Crippen molar-refractivity contribution in [2.24, 2.45) is 5.73 Å². The first-order valence-electron chi connectivity index (χ1n) is 8.60. The van der Waals surface area contributed by atoms with E-state index in [1.807, 2.05) is 39.5 Å². The molecule has 1 aromatic rings. The summed E-state index contributed by atoms with van der Waals surface area (Å²) in [6.45, 7) is 13.2. The van der Waals surface area contributed by atoms with E-state index in [0.717, 1.165) is 27.8 Å². The predicted octanol–water partition coefficient (Wildman–Crippen LogP) is 1.41. The van der Waals surface area contributed by atoms with Crippen LogP contribution in [0, 0.1) is 34.6 Å². The van der Waals surface area contributed by atoms with E-state index >= 15 is 0 Å². The van der Waals surface area contributed by atoms with Gasteiger partial charge in [-0.05, 0) is 69.4 Å². The third kappa shape index (κ3) is 3.45. The Morgan fingerprint density at radius 2 is 1.28 bits per heavy atom. The highest BCUT2D eigenvalue weighted by atomic mass is 32.2. The van der Waals surface area contributed by atoms with E-state index in [1.54, 1.807) is 6.92 Å². The van der Waals surface area contributed by atoms with Crippen molar-refractivity contribution in [1.29, 1.82) is 0 Å². The monoisotopic (exact) mass is 367 g/mol. The molecule has 1 heterocycles. The number of hydrogen-bond donors (Lipinski definition) is 1. The molecule has 140 valence electrons. The van der Waals surface area contributed by atoms with E-state index in [2.05, 4.69) is 0 Å². The lowest BCUT2D eigenvalue weighted by atomic mass is 9.95. The van der Waals surface area contributed by atoms with Gasteiger partial charge in [-0.3, -0.25) is 9.69 Å². The number of sulfonamides is 1. The number of piperazine rings is 1. The number of hydrogen-bond acceptors (Lipinski definition) is 4. The van der Waals surface area contributed by atoms with Crippen LogP contribution in [0.1, 0.15) is 34.7 Å². The first-order valence-corrected chi connectivity index (χ1v) is 10.0. The smallest absolute Gasteiger partial charge is 0.243 e. The van der Waals surface area contributed by atoms with Crippen LogP contribution in [-0.2, 0) is 14.8 Å². The van der Waals surface area contributed by atoms with Crippen molar-refractivity contribution < 1.29 is 13.2 Å². The molecule has 1 fully saturated rings. The molecule has 2 N–H and O–H groups in total. The number of nitrogens with zero attached hydrogens (tertiary/aromatic N) is 2.